The second kappa shape index (κ2) is 16.6. The maximum absolute atomic E-state index is 14.5. The molecule has 2 N–H and O–H groups in total. The number of nitrogens with one attached hydrogen (secondary N) is 1. The predicted octanol–water partition coefficient (Wildman–Crippen LogP) is 7.49. The molecule has 1 aliphatic heterocycles. The third kappa shape index (κ3) is 8.31. The third-order valence-electron chi connectivity index (χ3n) is 7.98. The number of nitrogens with zero attached hydrogens (tertiary/aromatic N) is 1. The third-order valence-corrected chi connectivity index (χ3v) is 8.54. The lowest BCUT2D eigenvalue weighted by Crippen LogP contribution is -2.48. The summed E-state index contributed by atoms with van der Waals surface area (Å²) in [6, 6.07) is 27.8. The van der Waals surface area contributed by atoms with E-state index in [1.165, 1.54) is 0 Å². The van der Waals surface area contributed by atoms with Gasteiger partial charge >= 0.3 is 0 Å². The van der Waals surface area contributed by atoms with Crippen molar-refractivity contribution in [2.45, 2.75) is 30.9 Å². The van der Waals surface area contributed by atoms with Gasteiger partial charge in [0.15, 0.2) is 11.6 Å². The molecule has 0 unspecified atom stereocenters. The average molecular weight is 690 g/mol. The Hall–Kier alpha value is -4.50. The monoisotopic (exact) mass is 688 g/mol. The van der Waals surface area contributed by atoms with Crippen molar-refractivity contribution in [3.8, 4) is 17.2 Å². The van der Waals surface area contributed by atoms with E-state index in [9.17, 15) is 4.79 Å². The minimum absolute atomic E-state index is 0.0489. The number of carbonyl (C=O) groups excluding carboxylic acids is 1. The van der Waals surface area contributed by atoms with Gasteiger partial charge in [-0.1, -0.05) is 71.8 Å². The van der Waals surface area contributed by atoms with Crippen LogP contribution in [0.15, 0.2) is 102 Å². The van der Waals surface area contributed by atoms with Crippen LogP contribution in [-0.2, 0) is 16.0 Å². The molecule has 8 nitrogen and oxygen atoms in total. The van der Waals surface area contributed by atoms with Gasteiger partial charge in [-0.2, -0.15) is 0 Å². The molecule has 0 saturated heterocycles. The van der Waals surface area contributed by atoms with E-state index in [0.29, 0.717) is 70.3 Å². The van der Waals surface area contributed by atoms with E-state index in [-0.39, 0.29) is 18.9 Å². The molecule has 1 heterocycles. The quantitative estimate of drug-likeness (QED) is 0.126. The fourth-order valence-corrected chi connectivity index (χ4v) is 5.99. The van der Waals surface area contributed by atoms with Gasteiger partial charge in [0.05, 0.1) is 20.8 Å². The molecule has 48 heavy (non-hydrogen) atoms. The van der Waals surface area contributed by atoms with Gasteiger partial charge in [0.2, 0.25) is 5.90 Å². The first-order chi connectivity index (χ1) is 23.4. The molecule has 0 saturated carbocycles. The van der Waals surface area contributed by atoms with Crippen LogP contribution in [0, 0.1) is 0 Å². The molecule has 0 radical (unpaired) electrons. The lowest BCUT2D eigenvalue weighted by atomic mass is 9.84. The lowest BCUT2D eigenvalue weighted by Gasteiger charge is -2.30. The van der Waals surface area contributed by atoms with Crippen molar-refractivity contribution in [1.29, 1.82) is 0 Å². The summed E-state index contributed by atoms with van der Waals surface area (Å²) in [5.41, 5.74) is 1.70. The minimum atomic E-state index is -1.42. The Morgan fingerprint density at radius 3 is 2.46 bits per heavy atom. The van der Waals surface area contributed by atoms with Gasteiger partial charge in [0.1, 0.15) is 17.2 Å². The molecule has 0 aliphatic carbocycles. The molecule has 5 rings (SSSR count). The van der Waals surface area contributed by atoms with Gasteiger partial charge in [-0.05, 0) is 72.1 Å². The molecule has 4 aromatic carbocycles. The average Bonchev–Trinajstić information content (AvgIpc) is 3.49. The zero-order valence-electron chi connectivity index (χ0n) is 26.8. The van der Waals surface area contributed by atoms with Crippen LogP contribution in [0.2, 0.25) is 10.0 Å². The summed E-state index contributed by atoms with van der Waals surface area (Å²) in [4.78, 5) is 19.6. The molecule has 4 aromatic rings. The van der Waals surface area contributed by atoms with Crippen molar-refractivity contribution >= 4 is 41.1 Å². The van der Waals surface area contributed by atoms with Crippen LogP contribution >= 0.6 is 23.2 Å². The number of benzene rings is 4. The maximum atomic E-state index is 14.5. The molecular formula is C38H38Cl2N2O6. The number of aliphatic imine (C=N–C) groups is 1. The topological polar surface area (TPSA) is 98.6 Å². The summed E-state index contributed by atoms with van der Waals surface area (Å²) >= 11 is 13.0. The van der Waals surface area contributed by atoms with E-state index in [0.717, 1.165) is 11.1 Å². The Labute approximate surface area is 290 Å². The normalized spacial score (nSPS) is 17.1. The fraction of sp³-hybridized carbons (Fsp3) is 0.263. The van der Waals surface area contributed by atoms with E-state index < -0.39 is 11.6 Å². The summed E-state index contributed by atoms with van der Waals surface area (Å²) in [6.45, 7) is 0.745. The van der Waals surface area contributed by atoms with E-state index >= 15 is 0 Å². The predicted molar refractivity (Wildman–Crippen MR) is 190 cm³/mol. The Balaban J connectivity index is 1.51. The second-order valence-electron chi connectivity index (χ2n) is 11.2. The molecule has 1 aliphatic rings. The Kier molecular flexibility index (Phi) is 12.0. The Morgan fingerprint density at radius 1 is 0.979 bits per heavy atom. The van der Waals surface area contributed by atoms with Gasteiger partial charge < -0.3 is 29.4 Å². The Morgan fingerprint density at radius 2 is 1.75 bits per heavy atom. The summed E-state index contributed by atoms with van der Waals surface area (Å²) in [5, 5.41) is 13.0. The van der Waals surface area contributed by atoms with E-state index in [1.807, 2.05) is 72.8 Å². The molecule has 0 aromatic heterocycles. The van der Waals surface area contributed by atoms with Crippen LogP contribution in [0.5, 0.6) is 17.2 Å². The highest BCUT2D eigenvalue weighted by molar-refractivity contribution is 6.35. The van der Waals surface area contributed by atoms with Crippen molar-refractivity contribution in [3.05, 3.63) is 129 Å². The van der Waals surface area contributed by atoms with Gasteiger partial charge in [0.25, 0.3) is 5.91 Å². The van der Waals surface area contributed by atoms with Gasteiger partial charge in [-0.15, -0.1) is 0 Å². The largest absolute Gasteiger partial charge is 0.497 e. The van der Waals surface area contributed by atoms with Crippen LogP contribution < -0.4 is 19.5 Å². The maximum Gasteiger partial charge on any atom is 0.252 e. The van der Waals surface area contributed by atoms with Crippen LogP contribution in [-0.4, -0.2) is 56.4 Å². The van der Waals surface area contributed by atoms with Crippen LogP contribution in [0.25, 0.3) is 6.08 Å². The highest BCUT2D eigenvalue weighted by atomic mass is 35.5. The van der Waals surface area contributed by atoms with Gasteiger partial charge in [-0.3, -0.25) is 4.79 Å². The number of amides is 1. The number of rotatable bonds is 15. The summed E-state index contributed by atoms with van der Waals surface area (Å²) in [6.07, 6.45) is 4.26. The summed E-state index contributed by atoms with van der Waals surface area (Å²) in [7, 11) is 3.22. The number of methoxy groups -OCH3 is 2. The van der Waals surface area contributed by atoms with Crippen LogP contribution in [0.3, 0.4) is 0 Å². The van der Waals surface area contributed by atoms with Crippen molar-refractivity contribution in [1.82, 2.24) is 5.32 Å². The van der Waals surface area contributed by atoms with Crippen molar-refractivity contribution < 1.29 is 28.8 Å². The number of hydrogen-bond acceptors (Lipinski definition) is 7. The zero-order chi connectivity index (χ0) is 33.9. The smallest absolute Gasteiger partial charge is 0.252 e. The van der Waals surface area contributed by atoms with E-state index in [4.69, 9.17) is 52.2 Å². The molecule has 1 amide bonds. The van der Waals surface area contributed by atoms with Gasteiger partial charge in [0, 0.05) is 47.2 Å². The molecule has 0 fully saturated rings. The van der Waals surface area contributed by atoms with Crippen LogP contribution in [0.1, 0.15) is 41.2 Å². The fourth-order valence-electron chi connectivity index (χ4n) is 5.49. The summed E-state index contributed by atoms with van der Waals surface area (Å²) < 4.78 is 23.2. The number of carbonyl (C=O) groups is 1. The number of aliphatic hydroxyl groups excluding tert-OH is 1. The van der Waals surface area contributed by atoms with Crippen molar-refractivity contribution in [2.24, 2.45) is 4.99 Å². The number of halogens is 2. The van der Waals surface area contributed by atoms with Gasteiger partial charge in [-0.25, -0.2) is 4.99 Å². The minimum Gasteiger partial charge on any atom is -0.497 e. The first-order valence-electron chi connectivity index (χ1n) is 15.6. The lowest BCUT2D eigenvalue weighted by molar-refractivity contribution is -0.128. The highest BCUT2D eigenvalue weighted by Crippen LogP contribution is 2.45. The number of hydrogen-bond donors (Lipinski definition) is 2. The first kappa shape index (κ1) is 34.8. The SMILES string of the molecule is COc1ccc(OC)c(CCNC(=O)[C@]2(C/C=C/c3ccccc3)N=C(c3ccc(OCCCO)cc3)O[C@@H]2c2ccc(Cl)cc2Cl)c1. The van der Waals surface area contributed by atoms with E-state index in [2.05, 4.69) is 5.32 Å². The summed E-state index contributed by atoms with van der Waals surface area (Å²) in [5.74, 6) is 2.01. The first-order valence-corrected chi connectivity index (χ1v) is 16.4. The molecule has 250 valence electrons. The zero-order valence-corrected chi connectivity index (χ0v) is 28.3. The highest BCUT2D eigenvalue weighted by Gasteiger charge is 2.53. The molecule has 0 spiro atoms. The van der Waals surface area contributed by atoms with Crippen molar-refractivity contribution in [3.63, 3.8) is 0 Å². The molecule has 10 heteroatoms. The standard InChI is InChI=1S/C38H38Cl2N2O6/c1-45-31-16-18-34(46-2)28(24-31)19-21-41-37(44)38(20-6-10-26-8-4-3-5-9-26)35(32-17-13-29(39)25-33(32)40)48-36(42-38)27-11-14-30(15-12-27)47-23-7-22-43/h3-6,8-18,24-25,35,43H,7,19-23H2,1-2H3,(H,41,44)/b10-6+/t35-,38-/m1/s1. The molecule has 0 bridgehead atoms. The Bertz CT molecular complexity index is 1750. The van der Waals surface area contributed by atoms with Crippen molar-refractivity contribution in [2.75, 3.05) is 34.0 Å². The molecule has 2 atom stereocenters. The number of ether oxygens (including phenoxy) is 4. The van der Waals surface area contributed by atoms with Crippen LogP contribution in [0.4, 0.5) is 0 Å². The number of aliphatic hydroxyl groups is 1. The van der Waals surface area contributed by atoms with E-state index in [1.54, 1.807) is 44.6 Å². The second-order valence-corrected chi connectivity index (χ2v) is 12.0. The molecular weight excluding hydrogens is 651 g/mol.